The average Bonchev–Trinajstić information content (AvgIpc) is 3.19. The van der Waals surface area contributed by atoms with Gasteiger partial charge in [-0.1, -0.05) is 49.3 Å². The minimum absolute atomic E-state index is 0.0339. The lowest BCUT2D eigenvalue weighted by atomic mass is 10.0. The van der Waals surface area contributed by atoms with Crippen LogP contribution in [-0.4, -0.2) is 52.8 Å². The molecule has 210 valence electrons. The third kappa shape index (κ3) is 6.19. The Morgan fingerprint density at radius 1 is 1.02 bits per heavy atom. The van der Waals surface area contributed by atoms with Crippen molar-refractivity contribution in [2.24, 2.45) is 11.0 Å². The van der Waals surface area contributed by atoms with Crippen molar-refractivity contribution in [1.29, 1.82) is 0 Å². The third-order valence-electron chi connectivity index (χ3n) is 7.46. The molecule has 1 amide bonds. The number of carbonyl (C=O) groups is 1. The topological polar surface area (TPSA) is 70.1 Å². The van der Waals surface area contributed by atoms with Crippen LogP contribution in [0.4, 0.5) is 11.5 Å². The van der Waals surface area contributed by atoms with E-state index in [1.165, 1.54) is 0 Å². The monoisotopic (exact) mass is 555 g/mol. The molecular weight excluding hydrogens is 522 g/mol. The number of hydrazone groups is 1. The zero-order chi connectivity index (χ0) is 28.9. The molecule has 4 heterocycles. The second kappa shape index (κ2) is 12.3. The summed E-state index contributed by atoms with van der Waals surface area (Å²) in [5.41, 5.74) is 7.29. The summed E-state index contributed by atoms with van der Waals surface area (Å²) in [6, 6.07) is 19.7. The SMILES string of the molecule is Cc1ccccc1Nc1cc(C#CC2=CC(C)CC=C3C=CC(c4ccc(C(=O)N5CCOCC5)cc4)=NN23)ccn1. The molecule has 0 saturated carbocycles. The molecule has 0 aliphatic carbocycles. The lowest BCUT2D eigenvalue weighted by molar-refractivity contribution is 0.0303. The first-order chi connectivity index (χ1) is 20.5. The summed E-state index contributed by atoms with van der Waals surface area (Å²) in [5.74, 6) is 7.81. The van der Waals surface area contributed by atoms with Crippen molar-refractivity contribution in [1.82, 2.24) is 14.9 Å². The number of pyridine rings is 1. The van der Waals surface area contributed by atoms with E-state index in [0.29, 0.717) is 37.8 Å². The fourth-order valence-corrected chi connectivity index (χ4v) is 5.04. The molecule has 42 heavy (non-hydrogen) atoms. The number of benzene rings is 2. The number of fused-ring (bicyclic) bond motifs is 1. The maximum atomic E-state index is 12.9. The van der Waals surface area contributed by atoms with Gasteiger partial charge in [-0.25, -0.2) is 9.99 Å². The van der Waals surface area contributed by atoms with Gasteiger partial charge in [0.15, 0.2) is 0 Å². The minimum Gasteiger partial charge on any atom is -0.378 e. The summed E-state index contributed by atoms with van der Waals surface area (Å²) < 4.78 is 5.38. The number of rotatable bonds is 4. The predicted molar refractivity (Wildman–Crippen MR) is 166 cm³/mol. The number of aryl methyl sites for hydroxylation is 1. The summed E-state index contributed by atoms with van der Waals surface area (Å²) in [5, 5.41) is 10.3. The molecule has 7 nitrogen and oxygen atoms in total. The van der Waals surface area contributed by atoms with Crippen LogP contribution < -0.4 is 5.32 Å². The molecule has 1 saturated heterocycles. The molecular formula is C35H33N5O2. The van der Waals surface area contributed by atoms with E-state index < -0.39 is 0 Å². The lowest BCUT2D eigenvalue weighted by Crippen LogP contribution is -2.40. The first-order valence-electron chi connectivity index (χ1n) is 14.3. The number of carbonyl (C=O) groups excluding carboxylic acids is 1. The van der Waals surface area contributed by atoms with Crippen molar-refractivity contribution in [3.05, 3.63) is 125 Å². The van der Waals surface area contributed by atoms with Crippen molar-refractivity contribution in [3.8, 4) is 11.8 Å². The molecule has 1 fully saturated rings. The highest BCUT2D eigenvalue weighted by molar-refractivity contribution is 6.10. The van der Waals surface area contributed by atoms with Crippen LogP contribution in [0.15, 0.2) is 108 Å². The first kappa shape index (κ1) is 27.3. The maximum Gasteiger partial charge on any atom is 0.254 e. The largest absolute Gasteiger partial charge is 0.378 e. The second-order valence-corrected chi connectivity index (χ2v) is 10.6. The molecule has 1 aromatic heterocycles. The van der Waals surface area contributed by atoms with Gasteiger partial charge in [0.25, 0.3) is 5.91 Å². The molecule has 0 radical (unpaired) electrons. The summed E-state index contributed by atoms with van der Waals surface area (Å²) in [6.07, 6.45) is 11.2. The smallest absolute Gasteiger partial charge is 0.254 e. The number of ether oxygens (including phenoxy) is 1. The van der Waals surface area contributed by atoms with E-state index in [0.717, 1.165) is 51.7 Å². The van der Waals surface area contributed by atoms with Gasteiger partial charge >= 0.3 is 0 Å². The second-order valence-electron chi connectivity index (χ2n) is 10.6. The van der Waals surface area contributed by atoms with Crippen molar-refractivity contribution in [2.75, 3.05) is 31.6 Å². The fourth-order valence-electron chi connectivity index (χ4n) is 5.04. The van der Waals surface area contributed by atoms with E-state index in [1.54, 1.807) is 6.20 Å². The molecule has 1 atom stereocenters. The number of nitrogens with one attached hydrogen (secondary N) is 1. The Labute approximate surface area is 246 Å². The molecule has 7 heteroatoms. The molecule has 0 bridgehead atoms. The first-order valence-corrected chi connectivity index (χ1v) is 14.3. The van der Waals surface area contributed by atoms with Gasteiger partial charge in [0.05, 0.1) is 24.6 Å². The van der Waals surface area contributed by atoms with Gasteiger partial charge in [-0.2, -0.15) is 5.10 Å². The molecule has 1 unspecified atom stereocenters. The Bertz CT molecular complexity index is 1670. The van der Waals surface area contributed by atoms with Crippen LogP contribution in [0.1, 0.15) is 40.4 Å². The molecule has 2 aromatic carbocycles. The van der Waals surface area contributed by atoms with Crippen LogP contribution >= 0.6 is 0 Å². The van der Waals surface area contributed by atoms with Crippen molar-refractivity contribution < 1.29 is 9.53 Å². The van der Waals surface area contributed by atoms with Gasteiger partial charge in [0.1, 0.15) is 11.5 Å². The Morgan fingerprint density at radius 2 is 1.83 bits per heavy atom. The number of allylic oxidation sites excluding steroid dienone is 5. The summed E-state index contributed by atoms with van der Waals surface area (Å²) >= 11 is 0. The number of hydrogen-bond acceptors (Lipinski definition) is 6. The number of hydrogen-bond donors (Lipinski definition) is 1. The van der Waals surface area contributed by atoms with E-state index in [-0.39, 0.29) is 5.91 Å². The van der Waals surface area contributed by atoms with Gasteiger partial charge in [-0.15, -0.1) is 0 Å². The zero-order valence-corrected chi connectivity index (χ0v) is 23.9. The van der Waals surface area contributed by atoms with Gasteiger partial charge in [0.2, 0.25) is 0 Å². The van der Waals surface area contributed by atoms with Gasteiger partial charge in [0, 0.05) is 41.7 Å². The molecule has 3 aliphatic rings. The van der Waals surface area contributed by atoms with Crippen molar-refractivity contribution >= 4 is 23.1 Å². The number of anilines is 2. The van der Waals surface area contributed by atoms with Gasteiger partial charge < -0.3 is 15.0 Å². The van der Waals surface area contributed by atoms with E-state index in [2.05, 4.69) is 60.3 Å². The lowest BCUT2D eigenvalue weighted by Gasteiger charge is -2.27. The average molecular weight is 556 g/mol. The quantitative estimate of drug-likeness (QED) is 0.398. The standard InChI is InChI=1S/C35H33N5O2/c1-25-7-13-30-15-16-33(28-9-11-29(12-10-28)35(41)39-19-21-42-22-20-39)38-40(30)31(23-25)14-8-27-17-18-36-34(24-27)37-32-6-4-3-5-26(32)2/h3-6,9-13,15-18,23-25H,7,19-22H2,1-2H3,(H,36,37). The normalized spacial score (nSPS) is 18.0. The number of amides is 1. The molecule has 3 aliphatic heterocycles. The minimum atomic E-state index is 0.0339. The van der Waals surface area contributed by atoms with Crippen LogP contribution in [0, 0.1) is 24.7 Å². The number of morpholine rings is 1. The highest BCUT2D eigenvalue weighted by Gasteiger charge is 2.22. The Balaban J connectivity index is 1.23. The van der Waals surface area contributed by atoms with E-state index in [9.17, 15) is 4.79 Å². The summed E-state index contributed by atoms with van der Waals surface area (Å²) in [4.78, 5) is 19.2. The van der Waals surface area contributed by atoms with Crippen molar-refractivity contribution in [2.45, 2.75) is 20.3 Å². The predicted octanol–water partition coefficient (Wildman–Crippen LogP) is 6.04. The zero-order valence-electron chi connectivity index (χ0n) is 23.9. The molecule has 6 rings (SSSR count). The highest BCUT2D eigenvalue weighted by Crippen LogP contribution is 2.27. The van der Waals surface area contributed by atoms with Crippen LogP contribution in [0.3, 0.4) is 0 Å². The highest BCUT2D eigenvalue weighted by atomic mass is 16.5. The van der Waals surface area contributed by atoms with Crippen molar-refractivity contribution in [3.63, 3.8) is 0 Å². The number of nitrogens with zero attached hydrogens (tertiary/aromatic N) is 4. The summed E-state index contributed by atoms with van der Waals surface area (Å²) in [6.45, 7) is 6.67. The van der Waals surface area contributed by atoms with Crippen LogP contribution in [0.2, 0.25) is 0 Å². The Kier molecular flexibility index (Phi) is 7.98. The van der Waals surface area contributed by atoms with E-state index >= 15 is 0 Å². The third-order valence-corrected chi connectivity index (χ3v) is 7.46. The molecule has 0 spiro atoms. The Hall–Kier alpha value is -4.93. The van der Waals surface area contributed by atoms with E-state index in [1.807, 2.05) is 70.6 Å². The Morgan fingerprint density at radius 3 is 2.64 bits per heavy atom. The number of para-hydroxylation sites is 1. The van der Waals surface area contributed by atoms with Crippen LogP contribution in [0.25, 0.3) is 0 Å². The maximum absolute atomic E-state index is 12.9. The number of aromatic nitrogens is 1. The van der Waals surface area contributed by atoms with Gasteiger partial charge in [-0.3, -0.25) is 4.79 Å². The fraction of sp³-hybridized carbons (Fsp3) is 0.229. The molecule has 1 N–H and O–H groups in total. The van der Waals surface area contributed by atoms with Gasteiger partial charge in [-0.05, 0) is 79.3 Å². The molecule has 3 aromatic rings. The van der Waals surface area contributed by atoms with E-state index in [4.69, 9.17) is 9.84 Å². The van der Waals surface area contributed by atoms with Crippen LogP contribution in [-0.2, 0) is 4.74 Å². The summed E-state index contributed by atoms with van der Waals surface area (Å²) in [7, 11) is 0. The van der Waals surface area contributed by atoms with Crippen LogP contribution in [0.5, 0.6) is 0 Å².